The molecule has 3 aromatic rings. The second kappa shape index (κ2) is 9.33. The van der Waals surface area contributed by atoms with E-state index in [9.17, 15) is 4.79 Å². The number of carbonyl (C=O) groups excluding carboxylic acids is 1. The summed E-state index contributed by atoms with van der Waals surface area (Å²) in [5.74, 6) is 1.53. The number of nitrogens with zero attached hydrogens (tertiary/aromatic N) is 3. The highest BCUT2D eigenvalue weighted by atomic mass is 16.5. The maximum atomic E-state index is 12.5. The monoisotopic (exact) mass is 387 g/mol. The number of aromatic nitrogens is 2. The molecule has 2 aromatic carbocycles. The van der Waals surface area contributed by atoms with Gasteiger partial charge in [-0.15, -0.1) is 0 Å². The van der Waals surface area contributed by atoms with Gasteiger partial charge in [-0.05, 0) is 55.3 Å². The van der Waals surface area contributed by atoms with Gasteiger partial charge in [0.15, 0.2) is 0 Å². The van der Waals surface area contributed by atoms with Crippen molar-refractivity contribution in [2.45, 2.75) is 13.3 Å². The Morgan fingerprint density at radius 1 is 1.14 bits per heavy atom. The van der Waals surface area contributed by atoms with Crippen LogP contribution in [0.5, 0.6) is 5.75 Å². The molecule has 0 bridgehead atoms. The van der Waals surface area contributed by atoms with Crippen LogP contribution in [0.2, 0.25) is 0 Å². The normalized spacial score (nSPS) is 10.1. The molecule has 0 aliphatic rings. The van der Waals surface area contributed by atoms with Gasteiger partial charge in [0, 0.05) is 18.3 Å². The fraction of sp³-hybridized carbons (Fsp3) is 0.182. The second-order valence-electron chi connectivity index (χ2n) is 6.36. The van der Waals surface area contributed by atoms with Crippen LogP contribution in [-0.4, -0.2) is 29.5 Å². The minimum absolute atomic E-state index is 0.263. The molecule has 7 nitrogen and oxygen atoms in total. The zero-order valence-corrected chi connectivity index (χ0v) is 16.3. The summed E-state index contributed by atoms with van der Waals surface area (Å²) in [6, 6.07) is 18.4. The van der Waals surface area contributed by atoms with Crippen LogP contribution in [0.4, 0.5) is 11.5 Å². The van der Waals surface area contributed by atoms with Crippen molar-refractivity contribution >= 4 is 17.4 Å². The number of hydrogen-bond donors (Lipinski definition) is 2. The van der Waals surface area contributed by atoms with Gasteiger partial charge in [-0.3, -0.25) is 4.79 Å². The number of hydrogen-bond acceptors (Lipinski definition) is 6. The van der Waals surface area contributed by atoms with E-state index >= 15 is 0 Å². The fourth-order valence-corrected chi connectivity index (χ4v) is 2.76. The molecule has 7 heteroatoms. The molecule has 0 unspecified atom stereocenters. The van der Waals surface area contributed by atoms with E-state index in [0.717, 1.165) is 17.0 Å². The van der Waals surface area contributed by atoms with E-state index in [1.54, 1.807) is 44.4 Å². The van der Waals surface area contributed by atoms with Crippen molar-refractivity contribution in [2.75, 3.05) is 19.0 Å². The topological polar surface area (TPSA) is 99.9 Å². The lowest BCUT2D eigenvalue weighted by Gasteiger charge is -2.10. The Morgan fingerprint density at radius 2 is 1.93 bits per heavy atom. The molecule has 0 spiro atoms. The van der Waals surface area contributed by atoms with Gasteiger partial charge >= 0.3 is 0 Å². The van der Waals surface area contributed by atoms with Gasteiger partial charge in [0.05, 0.1) is 18.7 Å². The van der Waals surface area contributed by atoms with E-state index in [4.69, 9.17) is 10.00 Å². The van der Waals surface area contributed by atoms with Gasteiger partial charge in [0.1, 0.15) is 23.1 Å². The maximum Gasteiger partial charge on any atom is 0.270 e. The van der Waals surface area contributed by atoms with Crippen LogP contribution in [0.15, 0.2) is 54.6 Å². The molecule has 0 radical (unpaired) electrons. The van der Waals surface area contributed by atoms with Gasteiger partial charge in [-0.25, -0.2) is 9.97 Å². The molecule has 0 saturated heterocycles. The summed E-state index contributed by atoms with van der Waals surface area (Å²) in [6.45, 7) is 2.21. The van der Waals surface area contributed by atoms with E-state index in [0.29, 0.717) is 35.9 Å². The van der Waals surface area contributed by atoms with Gasteiger partial charge in [0.2, 0.25) is 0 Å². The highest BCUT2D eigenvalue weighted by molar-refractivity contribution is 5.93. The van der Waals surface area contributed by atoms with E-state index in [1.165, 1.54) is 0 Å². The van der Waals surface area contributed by atoms with Crippen molar-refractivity contribution in [1.82, 2.24) is 15.3 Å². The van der Waals surface area contributed by atoms with Crippen LogP contribution in [0, 0.1) is 18.3 Å². The first-order valence-corrected chi connectivity index (χ1v) is 9.11. The molecule has 1 amide bonds. The number of carbonyl (C=O) groups is 1. The SMILES string of the molecule is COc1cccc(CCNC(=O)c2cc(Nc3ccc(C#N)cc3)nc(C)n2)c1. The van der Waals surface area contributed by atoms with Crippen molar-refractivity contribution in [3.05, 3.63) is 77.2 Å². The molecular formula is C22H21N5O2. The Kier molecular flexibility index (Phi) is 6.38. The van der Waals surface area contributed by atoms with Crippen molar-refractivity contribution in [3.8, 4) is 11.8 Å². The minimum Gasteiger partial charge on any atom is -0.497 e. The molecule has 0 fully saturated rings. The molecule has 0 atom stereocenters. The maximum absolute atomic E-state index is 12.5. The number of nitriles is 1. The van der Waals surface area contributed by atoms with Gasteiger partial charge in [-0.1, -0.05) is 12.1 Å². The molecule has 1 aromatic heterocycles. The van der Waals surface area contributed by atoms with Crippen LogP contribution in [-0.2, 0) is 6.42 Å². The zero-order chi connectivity index (χ0) is 20.6. The fourth-order valence-electron chi connectivity index (χ4n) is 2.76. The summed E-state index contributed by atoms with van der Waals surface area (Å²) in [7, 11) is 1.63. The van der Waals surface area contributed by atoms with Crippen LogP contribution < -0.4 is 15.4 Å². The summed E-state index contributed by atoms with van der Waals surface area (Å²) in [5, 5.41) is 14.9. The summed E-state index contributed by atoms with van der Waals surface area (Å²) in [5.41, 5.74) is 2.71. The number of benzene rings is 2. The van der Waals surface area contributed by atoms with Gasteiger partial charge in [0.25, 0.3) is 5.91 Å². The molecule has 2 N–H and O–H groups in total. The Bertz CT molecular complexity index is 1040. The van der Waals surface area contributed by atoms with Gasteiger partial charge < -0.3 is 15.4 Å². The second-order valence-corrected chi connectivity index (χ2v) is 6.36. The predicted octanol–water partition coefficient (Wildman–Crippen LogP) is 3.38. The largest absolute Gasteiger partial charge is 0.497 e. The molecule has 29 heavy (non-hydrogen) atoms. The molecule has 1 heterocycles. The lowest BCUT2D eigenvalue weighted by molar-refractivity contribution is 0.0949. The Hall–Kier alpha value is -3.92. The Morgan fingerprint density at radius 3 is 2.66 bits per heavy atom. The molecular weight excluding hydrogens is 366 g/mol. The van der Waals surface area contributed by atoms with E-state index in [2.05, 4.69) is 26.7 Å². The van der Waals surface area contributed by atoms with Crippen molar-refractivity contribution in [3.63, 3.8) is 0 Å². The third kappa shape index (κ3) is 5.53. The first-order valence-electron chi connectivity index (χ1n) is 9.11. The lowest BCUT2D eigenvalue weighted by Crippen LogP contribution is -2.27. The smallest absolute Gasteiger partial charge is 0.270 e. The first-order chi connectivity index (χ1) is 14.1. The van der Waals surface area contributed by atoms with Crippen molar-refractivity contribution in [2.24, 2.45) is 0 Å². The van der Waals surface area contributed by atoms with E-state index in [-0.39, 0.29) is 5.91 Å². The van der Waals surface area contributed by atoms with E-state index < -0.39 is 0 Å². The highest BCUT2D eigenvalue weighted by Crippen LogP contribution is 2.16. The standard InChI is InChI=1S/C22H21N5O2/c1-15-25-20(13-21(26-15)27-18-8-6-17(14-23)7-9-18)22(28)24-11-10-16-4-3-5-19(12-16)29-2/h3-9,12-13H,10-11H2,1-2H3,(H,24,28)(H,25,26,27). The Labute approximate surface area is 169 Å². The van der Waals surface area contributed by atoms with Gasteiger partial charge in [-0.2, -0.15) is 5.26 Å². The van der Waals surface area contributed by atoms with Crippen LogP contribution in [0.25, 0.3) is 0 Å². The Balaban J connectivity index is 1.63. The minimum atomic E-state index is -0.263. The highest BCUT2D eigenvalue weighted by Gasteiger charge is 2.11. The van der Waals surface area contributed by atoms with Crippen LogP contribution in [0.1, 0.15) is 27.4 Å². The molecule has 0 aliphatic heterocycles. The molecule has 146 valence electrons. The number of methoxy groups -OCH3 is 1. The zero-order valence-electron chi connectivity index (χ0n) is 16.3. The van der Waals surface area contributed by atoms with Crippen LogP contribution in [0.3, 0.4) is 0 Å². The third-order valence-electron chi connectivity index (χ3n) is 4.19. The summed E-state index contributed by atoms with van der Waals surface area (Å²) in [6.07, 6.45) is 0.684. The average molecular weight is 387 g/mol. The summed E-state index contributed by atoms with van der Waals surface area (Å²) in [4.78, 5) is 21.1. The molecule has 3 rings (SSSR count). The first kappa shape index (κ1) is 19.8. The third-order valence-corrected chi connectivity index (χ3v) is 4.19. The van der Waals surface area contributed by atoms with Crippen molar-refractivity contribution < 1.29 is 9.53 Å². The number of anilines is 2. The lowest BCUT2D eigenvalue weighted by atomic mass is 10.1. The summed E-state index contributed by atoms with van der Waals surface area (Å²) >= 11 is 0. The molecule has 0 saturated carbocycles. The number of nitrogens with one attached hydrogen (secondary N) is 2. The average Bonchev–Trinajstić information content (AvgIpc) is 2.74. The number of amides is 1. The quantitative estimate of drug-likeness (QED) is 0.645. The number of aryl methyl sites for hydroxylation is 1. The van der Waals surface area contributed by atoms with E-state index in [1.807, 2.05) is 24.3 Å². The van der Waals surface area contributed by atoms with Crippen LogP contribution >= 0.6 is 0 Å². The van der Waals surface area contributed by atoms with Crippen molar-refractivity contribution in [1.29, 1.82) is 5.26 Å². The number of ether oxygens (including phenoxy) is 1. The summed E-state index contributed by atoms with van der Waals surface area (Å²) < 4.78 is 5.21. The predicted molar refractivity (Wildman–Crippen MR) is 110 cm³/mol. The molecule has 0 aliphatic carbocycles. The number of rotatable bonds is 7.